The zero-order valence-electron chi connectivity index (χ0n) is 27.9. The minimum Gasteiger partial charge on any atom is -0.493 e. The van der Waals surface area contributed by atoms with E-state index in [9.17, 15) is 24.6 Å². The van der Waals surface area contributed by atoms with Crippen LogP contribution in [0.15, 0.2) is 48.0 Å². The molecule has 0 aliphatic heterocycles. The Hall–Kier alpha value is -2.71. The molecule has 48 heavy (non-hydrogen) atoms. The highest BCUT2D eigenvalue weighted by molar-refractivity contribution is 14.1. The van der Waals surface area contributed by atoms with E-state index in [4.69, 9.17) is 25.8 Å². The highest BCUT2D eigenvalue weighted by Gasteiger charge is 2.41. The van der Waals surface area contributed by atoms with Crippen LogP contribution < -0.4 is 14.8 Å². The van der Waals surface area contributed by atoms with E-state index in [1.165, 1.54) is 19.3 Å². The zero-order valence-corrected chi connectivity index (χ0v) is 30.8. The number of nitrogens with zero attached hydrogens (tertiary/aromatic N) is 1. The standard InChI is InChI=1S/C36H46ClIN2O8/c1-21(2)27-10-5-22(3)13-30(27)47-20-33(43)40(18-23-6-8-26(37)9-7-23)29-16-25(36(45)39-11-12-41)17-31(34(29)44)48-35-28(38)14-24(19-42)15-32(35)46-4/h6-9,14-15,17,19,21-22,27,29-31,34,41,44H,5,10-13,16,18,20H2,1-4H3,(H,39,45)/t22-,27+,29+,30-,31-,34-/m0/s1. The number of ether oxygens (including phenoxy) is 3. The number of amides is 2. The highest BCUT2D eigenvalue weighted by atomic mass is 127. The summed E-state index contributed by atoms with van der Waals surface area (Å²) in [7, 11) is 1.44. The molecule has 2 aromatic carbocycles. The maximum atomic E-state index is 14.2. The molecule has 3 N–H and O–H groups in total. The highest BCUT2D eigenvalue weighted by Crippen LogP contribution is 2.38. The number of benzene rings is 2. The van der Waals surface area contributed by atoms with Crippen LogP contribution in [0, 0.1) is 21.3 Å². The first-order chi connectivity index (χ1) is 22.9. The summed E-state index contributed by atoms with van der Waals surface area (Å²) in [6.45, 7) is 6.30. The first kappa shape index (κ1) is 38.1. The number of nitrogens with one attached hydrogen (secondary N) is 1. The molecule has 0 saturated heterocycles. The van der Waals surface area contributed by atoms with Crippen LogP contribution >= 0.6 is 34.2 Å². The summed E-state index contributed by atoms with van der Waals surface area (Å²) in [4.78, 5) is 40.6. The lowest BCUT2D eigenvalue weighted by molar-refractivity contribution is -0.149. The van der Waals surface area contributed by atoms with Gasteiger partial charge in [0, 0.05) is 35.7 Å². The molecule has 0 aromatic heterocycles. The van der Waals surface area contributed by atoms with E-state index >= 15 is 0 Å². The van der Waals surface area contributed by atoms with Crippen LogP contribution in [0.5, 0.6) is 11.5 Å². The Kier molecular flexibility index (Phi) is 14.1. The monoisotopic (exact) mass is 796 g/mol. The van der Waals surface area contributed by atoms with Gasteiger partial charge in [0.05, 0.1) is 29.4 Å². The third-order valence-corrected chi connectivity index (χ3v) is 10.3. The van der Waals surface area contributed by atoms with Gasteiger partial charge >= 0.3 is 0 Å². The van der Waals surface area contributed by atoms with E-state index in [2.05, 4.69) is 26.1 Å². The second kappa shape index (κ2) is 17.8. The van der Waals surface area contributed by atoms with Gasteiger partial charge in [-0.05, 0) is 89.1 Å². The number of carbonyl (C=O) groups excluding carboxylic acids is 3. The minimum absolute atomic E-state index is 0.0327. The average Bonchev–Trinajstić information content (AvgIpc) is 3.07. The van der Waals surface area contributed by atoms with Crippen molar-refractivity contribution in [3.63, 3.8) is 0 Å². The van der Waals surface area contributed by atoms with Crippen LogP contribution in [0.3, 0.4) is 0 Å². The van der Waals surface area contributed by atoms with E-state index < -0.39 is 24.2 Å². The molecule has 2 aliphatic rings. The van der Waals surface area contributed by atoms with Crippen molar-refractivity contribution in [2.75, 3.05) is 26.9 Å². The normalized spacial score (nSPS) is 24.1. The van der Waals surface area contributed by atoms with E-state index in [1.54, 1.807) is 23.1 Å². The molecule has 262 valence electrons. The third-order valence-electron chi connectivity index (χ3n) is 9.23. The van der Waals surface area contributed by atoms with Crippen molar-refractivity contribution in [1.29, 1.82) is 0 Å². The summed E-state index contributed by atoms with van der Waals surface area (Å²) in [5.41, 5.74) is 1.46. The van der Waals surface area contributed by atoms with Crippen LogP contribution in [-0.4, -0.2) is 84.4 Å². The lowest BCUT2D eigenvalue weighted by Crippen LogP contribution is -2.55. The van der Waals surface area contributed by atoms with E-state index in [-0.39, 0.29) is 61.8 Å². The Labute approximate surface area is 301 Å². The van der Waals surface area contributed by atoms with Crippen LogP contribution in [0.25, 0.3) is 0 Å². The number of rotatable bonds is 14. The maximum Gasteiger partial charge on any atom is 0.249 e. The van der Waals surface area contributed by atoms with Crippen LogP contribution in [0.2, 0.25) is 5.02 Å². The van der Waals surface area contributed by atoms with E-state index in [0.717, 1.165) is 24.8 Å². The second-order valence-corrected chi connectivity index (χ2v) is 14.6. The van der Waals surface area contributed by atoms with E-state index in [1.807, 2.05) is 34.7 Å². The lowest BCUT2D eigenvalue weighted by Gasteiger charge is -2.41. The number of methoxy groups -OCH3 is 1. The Balaban J connectivity index is 1.69. The minimum atomic E-state index is -1.26. The summed E-state index contributed by atoms with van der Waals surface area (Å²) in [6, 6.07) is 9.38. The van der Waals surface area contributed by atoms with Gasteiger partial charge in [-0.3, -0.25) is 14.4 Å². The molecular weight excluding hydrogens is 751 g/mol. The number of carbonyl (C=O) groups is 3. The van der Waals surface area contributed by atoms with Crippen molar-refractivity contribution < 1.29 is 38.8 Å². The summed E-state index contributed by atoms with van der Waals surface area (Å²) < 4.78 is 18.8. The van der Waals surface area contributed by atoms with Gasteiger partial charge in [-0.2, -0.15) is 0 Å². The Bertz CT molecular complexity index is 1450. The van der Waals surface area contributed by atoms with Gasteiger partial charge in [0.25, 0.3) is 0 Å². The largest absolute Gasteiger partial charge is 0.493 e. The van der Waals surface area contributed by atoms with Crippen molar-refractivity contribution in [2.24, 2.45) is 17.8 Å². The van der Waals surface area contributed by atoms with Crippen LogP contribution in [0.4, 0.5) is 0 Å². The van der Waals surface area contributed by atoms with Crippen molar-refractivity contribution in [1.82, 2.24) is 10.2 Å². The molecule has 1 saturated carbocycles. The number of aliphatic hydroxyl groups is 2. The Morgan fingerprint density at radius 3 is 2.56 bits per heavy atom. The molecule has 0 unspecified atom stereocenters. The fourth-order valence-electron chi connectivity index (χ4n) is 6.58. The van der Waals surface area contributed by atoms with Gasteiger partial charge in [0.2, 0.25) is 11.8 Å². The smallest absolute Gasteiger partial charge is 0.249 e. The topological polar surface area (TPSA) is 135 Å². The van der Waals surface area contributed by atoms with Gasteiger partial charge < -0.3 is 34.6 Å². The van der Waals surface area contributed by atoms with Crippen molar-refractivity contribution >= 4 is 52.3 Å². The molecule has 2 aromatic rings. The Morgan fingerprint density at radius 1 is 1.19 bits per heavy atom. The fourth-order valence-corrected chi connectivity index (χ4v) is 7.46. The van der Waals surface area contributed by atoms with Crippen molar-refractivity contribution in [3.05, 3.63) is 67.8 Å². The maximum absolute atomic E-state index is 14.2. The number of aldehydes is 1. The molecule has 2 aliphatic carbocycles. The Morgan fingerprint density at radius 2 is 1.92 bits per heavy atom. The molecule has 0 spiro atoms. The quantitative estimate of drug-likeness (QED) is 0.176. The van der Waals surface area contributed by atoms with Crippen LogP contribution in [-0.2, 0) is 20.9 Å². The molecule has 12 heteroatoms. The van der Waals surface area contributed by atoms with Gasteiger partial charge in [-0.1, -0.05) is 50.9 Å². The number of hydrogen-bond acceptors (Lipinski definition) is 8. The van der Waals surface area contributed by atoms with Gasteiger partial charge in [-0.15, -0.1) is 0 Å². The molecule has 4 rings (SSSR count). The van der Waals surface area contributed by atoms with E-state index in [0.29, 0.717) is 38.2 Å². The molecule has 10 nitrogen and oxygen atoms in total. The molecule has 6 atom stereocenters. The number of halogens is 2. The number of hydrogen-bond donors (Lipinski definition) is 3. The summed E-state index contributed by atoms with van der Waals surface area (Å²) in [5, 5.41) is 24.5. The first-order valence-electron chi connectivity index (χ1n) is 16.4. The van der Waals surface area contributed by atoms with Gasteiger partial charge in [-0.25, -0.2) is 0 Å². The summed E-state index contributed by atoms with van der Waals surface area (Å²) >= 11 is 8.18. The average molecular weight is 797 g/mol. The molecule has 1 fully saturated rings. The zero-order chi connectivity index (χ0) is 35.0. The van der Waals surface area contributed by atoms with Gasteiger partial charge in [0.15, 0.2) is 11.5 Å². The number of aliphatic hydroxyl groups excluding tert-OH is 2. The van der Waals surface area contributed by atoms with Crippen molar-refractivity contribution in [3.8, 4) is 11.5 Å². The third kappa shape index (κ3) is 9.71. The molecular formula is C36H46ClIN2O8. The lowest BCUT2D eigenvalue weighted by atomic mass is 9.75. The SMILES string of the molecule is COc1cc(C=O)cc(I)c1O[C@H]1C=C(C(=O)NCCO)C[C@@H](N(Cc2ccc(Cl)cc2)C(=O)CO[C@H]2C[C@@H](C)CC[C@@H]2C(C)C)[C@@H]1O. The predicted octanol–water partition coefficient (Wildman–Crippen LogP) is 5.19. The van der Waals surface area contributed by atoms with Crippen molar-refractivity contribution in [2.45, 2.75) is 77.4 Å². The predicted molar refractivity (Wildman–Crippen MR) is 191 cm³/mol. The molecule has 0 radical (unpaired) electrons. The first-order valence-corrected chi connectivity index (χ1v) is 17.8. The fraction of sp³-hybridized carbons (Fsp3) is 0.528. The second-order valence-electron chi connectivity index (χ2n) is 13.0. The summed E-state index contributed by atoms with van der Waals surface area (Å²) in [6.07, 6.45) is 2.91. The van der Waals surface area contributed by atoms with Crippen LogP contribution in [0.1, 0.15) is 62.4 Å². The molecule has 2 amide bonds. The molecule has 0 bridgehead atoms. The summed E-state index contributed by atoms with van der Waals surface area (Å²) in [5.74, 6) is 1.03. The van der Waals surface area contributed by atoms with Gasteiger partial charge in [0.1, 0.15) is 25.1 Å². The molecule has 0 heterocycles.